The normalized spacial score (nSPS) is 21.7. The highest BCUT2D eigenvalue weighted by molar-refractivity contribution is 5.88. The highest BCUT2D eigenvalue weighted by Gasteiger charge is 2.40. The molecule has 0 saturated carbocycles. The number of carbonyl (C=O) groups excluding carboxylic acids is 1. The van der Waals surface area contributed by atoms with Crippen molar-refractivity contribution in [2.45, 2.75) is 92.7 Å². The Hall–Kier alpha value is -1.04. The van der Waals surface area contributed by atoms with E-state index < -0.39 is 11.6 Å². The first-order valence-corrected chi connectivity index (χ1v) is 9.12. The summed E-state index contributed by atoms with van der Waals surface area (Å²) in [5.41, 5.74) is -2.02. The summed E-state index contributed by atoms with van der Waals surface area (Å²) in [6, 6.07) is 0. The molecule has 1 atom stereocenters. The van der Waals surface area contributed by atoms with E-state index in [1.54, 1.807) is 0 Å². The van der Waals surface area contributed by atoms with Gasteiger partial charge in [0, 0.05) is 19.4 Å². The molecule has 2 nitrogen and oxygen atoms in total. The van der Waals surface area contributed by atoms with Crippen LogP contribution in [0.15, 0.2) is 0 Å². The number of rotatable bonds is 5. The zero-order chi connectivity index (χ0) is 18.1. The number of halogens is 1. The van der Waals surface area contributed by atoms with Crippen molar-refractivity contribution < 1.29 is 9.18 Å². The van der Waals surface area contributed by atoms with Gasteiger partial charge in [-0.1, -0.05) is 73.1 Å². The summed E-state index contributed by atoms with van der Waals surface area (Å²) < 4.78 is 14.8. The number of nitrogens with one attached hydrogen (secondary N) is 1. The van der Waals surface area contributed by atoms with E-state index in [1.165, 1.54) is 0 Å². The van der Waals surface area contributed by atoms with E-state index in [1.807, 2.05) is 13.8 Å². The van der Waals surface area contributed by atoms with E-state index in [2.05, 4.69) is 51.8 Å². The van der Waals surface area contributed by atoms with Gasteiger partial charge in [-0.15, -0.1) is 0 Å². The number of carbonyl (C=O) groups is 1. The molecule has 3 heteroatoms. The van der Waals surface area contributed by atoms with Crippen LogP contribution < -0.4 is 5.32 Å². The van der Waals surface area contributed by atoms with Crippen LogP contribution in [-0.4, -0.2) is 18.1 Å². The van der Waals surface area contributed by atoms with Crippen molar-refractivity contribution in [1.29, 1.82) is 0 Å². The van der Waals surface area contributed by atoms with Crippen LogP contribution in [0.4, 0.5) is 4.39 Å². The summed E-state index contributed by atoms with van der Waals surface area (Å²) in [5, 5.41) is 2.81. The molecule has 0 aromatic heterocycles. The average molecular weight is 326 g/mol. The molecule has 0 bridgehead atoms. The molecule has 1 aliphatic carbocycles. The monoisotopic (exact) mass is 325 g/mol. The quantitative estimate of drug-likeness (QED) is 0.686. The van der Waals surface area contributed by atoms with Crippen LogP contribution in [0, 0.1) is 22.7 Å². The van der Waals surface area contributed by atoms with Crippen molar-refractivity contribution in [2.75, 3.05) is 6.54 Å². The number of alkyl halides is 1. The molecule has 0 radical (unpaired) electrons. The first kappa shape index (κ1) is 22.0. The van der Waals surface area contributed by atoms with Crippen molar-refractivity contribution in [3.63, 3.8) is 0 Å². The van der Waals surface area contributed by atoms with Gasteiger partial charge in [0.25, 0.3) is 5.91 Å². The van der Waals surface area contributed by atoms with Crippen molar-refractivity contribution in [2.24, 2.45) is 10.8 Å². The van der Waals surface area contributed by atoms with Gasteiger partial charge in [0.15, 0.2) is 0 Å². The van der Waals surface area contributed by atoms with E-state index in [-0.39, 0.29) is 17.3 Å². The second-order valence-corrected chi connectivity index (χ2v) is 7.47. The third-order valence-electron chi connectivity index (χ3n) is 5.38. The smallest absolute Gasteiger partial charge is 0.270 e. The Labute approximate surface area is 143 Å². The molecule has 1 amide bonds. The Morgan fingerprint density at radius 2 is 1.74 bits per heavy atom. The van der Waals surface area contributed by atoms with Crippen molar-refractivity contribution in [3.05, 3.63) is 0 Å². The first-order valence-electron chi connectivity index (χ1n) is 9.12. The van der Waals surface area contributed by atoms with Crippen LogP contribution in [0.5, 0.6) is 0 Å². The highest BCUT2D eigenvalue weighted by Crippen LogP contribution is 2.40. The molecular weight excluding hydrogens is 289 g/mol. The maximum atomic E-state index is 14.8. The van der Waals surface area contributed by atoms with Crippen LogP contribution in [0.25, 0.3) is 0 Å². The largest absolute Gasteiger partial charge is 0.352 e. The second kappa shape index (κ2) is 9.30. The zero-order valence-corrected chi connectivity index (χ0v) is 16.2. The minimum Gasteiger partial charge on any atom is -0.352 e. The fourth-order valence-electron chi connectivity index (χ4n) is 2.35. The number of amides is 1. The fraction of sp³-hybridized carbons (Fsp3) is 0.850. The molecule has 1 aliphatic rings. The van der Waals surface area contributed by atoms with Gasteiger partial charge in [0.2, 0.25) is 5.67 Å². The van der Waals surface area contributed by atoms with Gasteiger partial charge in [-0.3, -0.25) is 4.79 Å². The zero-order valence-electron chi connectivity index (χ0n) is 16.2. The molecule has 1 rings (SSSR count). The minimum absolute atomic E-state index is 0.0797. The van der Waals surface area contributed by atoms with Crippen LogP contribution in [0.1, 0.15) is 87.0 Å². The average Bonchev–Trinajstić information content (AvgIpc) is 2.50. The summed E-state index contributed by atoms with van der Waals surface area (Å²) in [6.07, 6.45) is 4.58. The van der Waals surface area contributed by atoms with E-state index in [0.29, 0.717) is 13.0 Å². The highest BCUT2D eigenvalue weighted by atomic mass is 19.1. The molecule has 1 unspecified atom stereocenters. The third kappa shape index (κ3) is 6.16. The van der Waals surface area contributed by atoms with Gasteiger partial charge in [-0.25, -0.2) is 4.39 Å². The standard InChI is InChI=1S/C18H30FNO.C2H6/c1-6-16(2,3)17(4,5)14-20-15(21)18(19)12-10-8-7-9-11-13-18;1-2/h6-10,12,14H2,1-5H3,(H,20,21);1-2H3. The van der Waals surface area contributed by atoms with E-state index in [9.17, 15) is 9.18 Å². The van der Waals surface area contributed by atoms with Gasteiger partial charge < -0.3 is 5.32 Å². The van der Waals surface area contributed by atoms with Crippen LogP contribution in [0.2, 0.25) is 0 Å². The topological polar surface area (TPSA) is 29.1 Å². The fourth-order valence-corrected chi connectivity index (χ4v) is 2.35. The van der Waals surface area contributed by atoms with Gasteiger partial charge in [0.05, 0.1) is 0 Å². The Bertz CT molecular complexity index is 431. The molecule has 0 heterocycles. The maximum absolute atomic E-state index is 14.8. The van der Waals surface area contributed by atoms with Crippen LogP contribution in [-0.2, 0) is 4.79 Å². The first-order chi connectivity index (χ1) is 10.6. The Morgan fingerprint density at radius 3 is 2.30 bits per heavy atom. The lowest BCUT2D eigenvalue weighted by molar-refractivity contribution is -0.130. The Morgan fingerprint density at radius 1 is 1.13 bits per heavy atom. The van der Waals surface area contributed by atoms with Crippen molar-refractivity contribution >= 4 is 5.91 Å². The lowest BCUT2D eigenvalue weighted by Gasteiger charge is -2.41. The van der Waals surface area contributed by atoms with Crippen molar-refractivity contribution in [3.8, 4) is 11.8 Å². The number of hydrogen-bond donors (Lipinski definition) is 1. The third-order valence-corrected chi connectivity index (χ3v) is 5.38. The van der Waals surface area contributed by atoms with Gasteiger partial charge in [-0.05, 0) is 23.7 Å². The Kier molecular flexibility index (Phi) is 8.88. The molecule has 0 aliphatic heterocycles. The predicted molar refractivity (Wildman–Crippen MR) is 96.9 cm³/mol. The van der Waals surface area contributed by atoms with Gasteiger partial charge in [-0.2, -0.15) is 0 Å². The van der Waals surface area contributed by atoms with Gasteiger partial charge >= 0.3 is 0 Å². The van der Waals surface area contributed by atoms with E-state index in [4.69, 9.17) is 0 Å². The van der Waals surface area contributed by atoms with E-state index in [0.717, 1.165) is 25.7 Å². The number of hydrogen-bond acceptors (Lipinski definition) is 1. The predicted octanol–water partition coefficient (Wildman–Crippen LogP) is 5.27. The summed E-state index contributed by atoms with van der Waals surface area (Å²) in [6.45, 7) is 15.2. The minimum atomic E-state index is -2.01. The molecule has 0 saturated heterocycles. The summed E-state index contributed by atoms with van der Waals surface area (Å²) in [4.78, 5) is 12.3. The molecule has 0 spiro atoms. The maximum Gasteiger partial charge on any atom is 0.270 e. The summed E-state index contributed by atoms with van der Waals surface area (Å²) >= 11 is 0. The second-order valence-electron chi connectivity index (χ2n) is 7.47. The molecule has 1 N–H and O–H groups in total. The van der Waals surface area contributed by atoms with Crippen LogP contribution >= 0.6 is 0 Å². The Balaban J connectivity index is 0.00000232. The molecular formula is C20H36FNO. The van der Waals surface area contributed by atoms with Gasteiger partial charge in [0.1, 0.15) is 0 Å². The molecule has 0 fully saturated rings. The SMILES string of the molecule is CC.CCC(C)(C)C(C)(C)CNC(=O)C1(F)C#CCCCCC1. The van der Waals surface area contributed by atoms with Crippen molar-refractivity contribution in [1.82, 2.24) is 5.32 Å². The molecule has 0 aromatic rings. The lowest BCUT2D eigenvalue weighted by Crippen LogP contribution is -2.49. The lowest BCUT2D eigenvalue weighted by atomic mass is 9.66. The summed E-state index contributed by atoms with van der Waals surface area (Å²) in [7, 11) is 0. The molecule has 134 valence electrons. The van der Waals surface area contributed by atoms with E-state index >= 15 is 0 Å². The summed E-state index contributed by atoms with van der Waals surface area (Å²) in [5.74, 6) is 4.81. The molecule has 0 aromatic carbocycles. The van der Waals surface area contributed by atoms with Crippen LogP contribution in [0.3, 0.4) is 0 Å². The molecule has 23 heavy (non-hydrogen) atoms.